The molecule has 2 heterocycles. The lowest BCUT2D eigenvalue weighted by Gasteiger charge is -2.37. The Morgan fingerprint density at radius 1 is 0.935 bits per heavy atom. The number of carbonyl (C=O) groups excluding carboxylic acids is 2. The number of amides is 2. The number of hydrazine groups is 1. The first-order chi connectivity index (χ1) is 14.4. The molecule has 2 amide bonds. The SMILES string of the molecule is CC(C)(C)C1CCC(NC(=O)C2NNSC2NC(=O)C2CNCC(C(F)(F)F)C2)CC1. The average molecular weight is 466 g/mol. The Labute approximate surface area is 185 Å². The van der Waals surface area contributed by atoms with Gasteiger partial charge in [-0.1, -0.05) is 20.8 Å². The molecular formula is C20H34F3N5O2S. The summed E-state index contributed by atoms with van der Waals surface area (Å²) in [6, 6.07) is -0.589. The number of rotatable bonds is 4. The molecular weight excluding hydrogens is 431 g/mol. The van der Waals surface area contributed by atoms with Crippen LogP contribution >= 0.6 is 11.9 Å². The van der Waals surface area contributed by atoms with Crippen LogP contribution < -0.4 is 26.2 Å². The van der Waals surface area contributed by atoms with Crippen LogP contribution in [0.25, 0.3) is 0 Å². The van der Waals surface area contributed by atoms with Crippen LogP contribution in [0.3, 0.4) is 0 Å². The Bertz CT molecular complexity index is 650. The molecule has 2 saturated heterocycles. The number of nitrogens with one attached hydrogen (secondary N) is 5. The van der Waals surface area contributed by atoms with E-state index in [1.165, 1.54) is 0 Å². The Balaban J connectivity index is 1.49. The van der Waals surface area contributed by atoms with Gasteiger partial charge in [-0.2, -0.15) is 18.0 Å². The molecule has 178 valence electrons. The lowest BCUT2D eigenvalue weighted by molar-refractivity contribution is -0.182. The highest BCUT2D eigenvalue weighted by Gasteiger charge is 2.45. The summed E-state index contributed by atoms with van der Waals surface area (Å²) < 4.78 is 39.0. The van der Waals surface area contributed by atoms with Crippen molar-refractivity contribution in [1.29, 1.82) is 0 Å². The van der Waals surface area contributed by atoms with Crippen molar-refractivity contribution in [3.05, 3.63) is 0 Å². The second-order valence-electron chi connectivity index (χ2n) is 10.0. The molecule has 1 saturated carbocycles. The van der Waals surface area contributed by atoms with E-state index in [9.17, 15) is 22.8 Å². The summed E-state index contributed by atoms with van der Waals surface area (Å²) in [5.74, 6) is -2.35. The molecule has 4 atom stereocenters. The van der Waals surface area contributed by atoms with Crippen molar-refractivity contribution in [2.75, 3.05) is 13.1 Å². The van der Waals surface area contributed by atoms with Gasteiger partial charge in [0, 0.05) is 19.1 Å². The number of hydrogen-bond acceptors (Lipinski definition) is 6. The Morgan fingerprint density at radius 2 is 1.61 bits per heavy atom. The maximum Gasteiger partial charge on any atom is 0.393 e. The highest BCUT2D eigenvalue weighted by Crippen LogP contribution is 2.38. The van der Waals surface area contributed by atoms with Crippen molar-refractivity contribution < 1.29 is 22.8 Å². The number of halogens is 3. The molecule has 31 heavy (non-hydrogen) atoms. The maximum absolute atomic E-state index is 13.0. The van der Waals surface area contributed by atoms with E-state index in [1.54, 1.807) is 0 Å². The maximum atomic E-state index is 13.0. The van der Waals surface area contributed by atoms with Gasteiger partial charge in [0.2, 0.25) is 11.8 Å². The zero-order chi connectivity index (χ0) is 22.8. The minimum absolute atomic E-state index is 0.102. The molecule has 3 fully saturated rings. The number of alkyl halides is 3. The van der Waals surface area contributed by atoms with E-state index in [-0.39, 0.29) is 36.9 Å². The van der Waals surface area contributed by atoms with E-state index in [1.807, 2.05) is 0 Å². The number of piperidine rings is 1. The van der Waals surface area contributed by atoms with Gasteiger partial charge >= 0.3 is 6.18 Å². The van der Waals surface area contributed by atoms with Gasteiger partial charge in [-0.3, -0.25) is 9.59 Å². The fourth-order valence-electron chi connectivity index (χ4n) is 4.66. The van der Waals surface area contributed by atoms with Gasteiger partial charge in [0.1, 0.15) is 11.4 Å². The van der Waals surface area contributed by atoms with Gasteiger partial charge in [0.05, 0.1) is 11.8 Å². The molecule has 1 aliphatic carbocycles. The van der Waals surface area contributed by atoms with Gasteiger partial charge in [-0.25, -0.2) is 5.43 Å². The van der Waals surface area contributed by atoms with E-state index in [0.29, 0.717) is 5.92 Å². The molecule has 4 unspecified atom stereocenters. The van der Waals surface area contributed by atoms with Gasteiger partial charge < -0.3 is 16.0 Å². The quantitative estimate of drug-likeness (QED) is 0.408. The summed E-state index contributed by atoms with van der Waals surface area (Å²) in [7, 11) is 0. The summed E-state index contributed by atoms with van der Waals surface area (Å²) in [6.07, 6.45) is -0.599. The molecule has 11 heteroatoms. The largest absolute Gasteiger partial charge is 0.393 e. The van der Waals surface area contributed by atoms with Crippen LogP contribution in [-0.4, -0.2) is 48.5 Å². The topological polar surface area (TPSA) is 94.3 Å². The van der Waals surface area contributed by atoms with Crippen LogP contribution in [0.5, 0.6) is 0 Å². The molecule has 7 nitrogen and oxygen atoms in total. The standard InChI is InChI=1S/C20H34F3N5O2S/c1-19(2,3)12-4-6-14(7-5-12)25-17(30)15-18(31-28-27-15)26-16(29)11-8-13(10-24-9-11)20(21,22)23/h11-15,18,24,27-28H,4-10H2,1-3H3,(H,25,30)(H,26,29). The minimum atomic E-state index is -4.33. The molecule has 0 aromatic rings. The zero-order valence-corrected chi connectivity index (χ0v) is 19.1. The fourth-order valence-corrected chi connectivity index (χ4v) is 5.49. The predicted molar refractivity (Wildman–Crippen MR) is 113 cm³/mol. The second-order valence-corrected chi connectivity index (χ2v) is 11.0. The van der Waals surface area contributed by atoms with E-state index in [0.717, 1.165) is 37.6 Å². The monoisotopic (exact) mass is 465 g/mol. The molecule has 3 aliphatic rings. The third kappa shape index (κ3) is 6.49. The molecule has 2 aliphatic heterocycles. The third-order valence-electron chi connectivity index (χ3n) is 6.75. The van der Waals surface area contributed by atoms with Gasteiger partial charge in [0.15, 0.2) is 0 Å². The van der Waals surface area contributed by atoms with Crippen molar-refractivity contribution >= 4 is 23.8 Å². The van der Waals surface area contributed by atoms with Crippen LogP contribution in [0.4, 0.5) is 13.2 Å². The smallest absolute Gasteiger partial charge is 0.352 e. The Morgan fingerprint density at radius 3 is 2.23 bits per heavy atom. The summed E-state index contributed by atoms with van der Waals surface area (Å²) in [4.78, 5) is 28.2. The van der Waals surface area contributed by atoms with Crippen LogP contribution in [-0.2, 0) is 9.59 Å². The van der Waals surface area contributed by atoms with E-state index < -0.39 is 35.3 Å². The van der Waals surface area contributed by atoms with Gasteiger partial charge in [0.25, 0.3) is 0 Å². The van der Waals surface area contributed by atoms with Gasteiger partial charge in [-0.15, -0.1) is 0 Å². The highest BCUT2D eigenvalue weighted by atomic mass is 32.2. The predicted octanol–water partition coefficient (Wildman–Crippen LogP) is 2.06. The third-order valence-corrected chi connectivity index (χ3v) is 7.63. The molecule has 5 N–H and O–H groups in total. The molecule has 0 spiro atoms. The molecule has 0 aromatic carbocycles. The van der Waals surface area contributed by atoms with E-state index in [4.69, 9.17) is 0 Å². The van der Waals surface area contributed by atoms with Crippen molar-refractivity contribution in [2.24, 2.45) is 23.2 Å². The Hall–Kier alpha value is -1.04. The van der Waals surface area contributed by atoms with Crippen molar-refractivity contribution in [2.45, 2.75) is 76.5 Å². The number of carbonyl (C=O) groups is 2. The van der Waals surface area contributed by atoms with Crippen LogP contribution in [0.15, 0.2) is 0 Å². The molecule has 3 rings (SSSR count). The average Bonchev–Trinajstić information content (AvgIpc) is 3.15. The van der Waals surface area contributed by atoms with Crippen molar-refractivity contribution in [3.63, 3.8) is 0 Å². The zero-order valence-electron chi connectivity index (χ0n) is 18.3. The summed E-state index contributed by atoms with van der Waals surface area (Å²) in [6.45, 7) is 6.76. The van der Waals surface area contributed by atoms with Crippen molar-refractivity contribution in [3.8, 4) is 0 Å². The Kier molecular flexibility index (Phi) is 7.81. The second kappa shape index (κ2) is 9.84. The fraction of sp³-hybridized carbons (Fsp3) is 0.900. The van der Waals surface area contributed by atoms with Crippen LogP contribution in [0.1, 0.15) is 52.9 Å². The lowest BCUT2D eigenvalue weighted by atomic mass is 9.71. The van der Waals surface area contributed by atoms with Crippen LogP contribution in [0.2, 0.25) is 0 Å². The normalized spacial score (nSPS) is 34.9. The summed E-state index contributed by atoms with van der Waals surface area (Å²) in [5.41, 5.74) is 3.12. The summed E-state index contributed by atoms with van der Waals surface area (Å²) in [5, 5.41) is 7.93. The minimum Gasteiger partial charge on any atom is -0.352 e. The van der Waals surface area contributed by atoms with E-state index in [2.05, 4.69) is 47.0 Å². The van der Waals surface area contributed by atoms with Gasteiger partial charge in [-0.05, 0) is 55.4 Å². The molecule has 0 radical (unpaired) electrons. The summed E-state index contributed by atoms with van der Waals surface area (Å²) >= 11 is 1.15. The number of hydrogen-bond donors (Lipinski definition) is 5. The first kappa shape index (κ1) is 24.6. The molecule has 0 bridgehead atoms. The van der Waals surface area contributed by atoms with Crippen molar-refractivity contribution in [1.82, 2.24) is 26.2 Å². The first-order valence-corrected chi connectivity index (χ1v) is 11.9. The van der Waals surface area contributed by atoms with Crippen LogP contribution in [0, 0.1) is 23.2 Å². The highest BCUT2D eigenvalue weighted by molar-refractivity contribution is 7.98. The lowest BCUT2D eigenvalue weighted by Crippen LogP contribution is -2.56. The van der Waals surface area contributed by atoms with E-state index >= 15 is 0 Å². The molecule has 0 aromatic heterocycles. The first-order valence-electron chi connectivity index (χ1n) is 11.0.